The van der Waals surface area contributed by atoms with Crippen LogP contribution in [0.2, 0.25) is 0 Å². The zero-order valence-corrected chi connectivity index (χ0v) is 13.5. The fraction of sp³-hybridized carbons (Fsp3) is 0.571. The van der Waals surface area contributed by atoms with Crippen molar-refractivity contribution in [3.8, 4) is 0 Å². The predicted octanol–water partition coefficient (Wildman–Crippen LogP) is 1.25. The number of rotatable bonds is 4. The highest BCUT2D eigenvalue weighted by molar-refractivity contribution is 7.89. The van der Waals surface area contributed by atoms with Gasteiger partial charge >= 0.3 is 0 Å². The molecule has 2 N–H and O–H groups in total. The number of morpholine rings is 1. The van der Waals surface area contributed by atoms with Crippen molar-refractivity contribution < 1.29 is 18.1 Å². The lowest BCUT2D eigenvalue weighted by atomic mass is 10.1. The number of sulfonamides is 1. The van der Waals surface area contributed by atoms with E-state index in [1.165, 1.54) is 12.1 Å². The van der Waals surface area contributed by atoms with Crippen LogP contribution < -0.4 is 10.0 Å². The lowest BCUT2D eigenvalue weighted by molar-refractivity contribution is -0.387. The van der Waals surface area contributed by atoms with Gasteiger partial charge in [-0.3, -0.25) is 10.1 Å². The van der Waals surface area contributed by atoms with Gasteiger partial charge in [0.25, 0.3) is 5.69 Å². The van der Waals surface area contributed by atoms with E-state index < -0.39 is 25.5 Å². The Bertz CT molecular complexity index is 732. The highest BCUT2D eigenvalue weighted by Gasteiger charge is 2.37. The van der Waals surface area contributed by atoms with Crippen LogP contribution in [0.1, 0.15) is 19.8 Å². The monoisotopic (exact) mass is 341 g/mol. The Balaban J connectivity index is 1.93. The first kappa shape index (κ1) is 16.2. The second-order valence-electron chi connectivity index (χ2n) is 6.18. The molecule has 1 aliphatic heterocycles. The third kappa shape index (κ3) is 3.46. The molecule has 3 rings (SSSR count). The van der Waals surface area contributed by atoms with Crippen molar-refractivity contribution in [2.24, 2.45) is 11.1 Å². The Labute approximate surface area is 134 Å². The van der Waals surface area contributed by atoms with E-state index in [2.05, 4.69) is 0 Å². The van der Waals surface area contributed by atoms with Gasteiger partial charge in [0.2, 0.25) is 10.0 Å². The molecule has 9 heteroatoms. The van der Waals surface area contributed by atoms with Gasteiger partial charge in [0.05, 0.1) is 17.1 Å². The summed E-state index contributed by atoms with van der Waals surface area (Å²) in [5, 5.41) is 16.2. The van der Waals surface area contributed by atoms with Crippen LogP contribution in [0.3, 0.4) is 0 Å². The molecule has 8 nitrogen and oxygen atoms in total. The normalized spacial score (nSPS) is 25.4. The van der Waals surface area contributed by atoms with Gasteiger partial charge in [-0.2, -0.15) is 0 Å². The quantitative estimate of drug-likeness (QED) is 0.651. The molecule has 126 valence electrons. The average Bonchev–Trinajstić information content (AvgIpc) is 3.29. The van der Waals surface area contributed by atoms with E-state index in [0.717, 1.165) is 12.8 Å². The highest BCUT2D eigenvalue weighted by Crippen LogP contribution is 2.38. The summed E-state index contributed by atoms with van der Waals surface area (Å²) >= 11 is 0. The summed E-state index contributed by atoms with van der Waals surface area (Å²) in [4.78, 5) is 12.0. The van der Waals surface area contributed by atoms with E-state index in [-0.39, 0.29) is 12.2 Å². The number of anilines is 1. The van der Waals surface area contributed by atoms with Crippen molar-refractivity contribution in [1.82, 2.24) is 0 Å². The van der Waals surface area contributed by atoms with Crippen LogP contribution in [0, 0.1) is 16.0 Å². The number of hydrogen-bond acceptors (Lipinski definition) is 6. The first-order chi connectivity index (χ1) is 10.8. The van der Waals surface area contributed by atoms with Crippen LogP contribution in [0.5, 0.6) is 0 Å². The molecule has 2 atom stereocenters. The van der Waals surface area contributed by atoms with Gasteiger partial charge in [-0.25, -0.2) is 13.6 Å². The lowest BCUT2D eigenvalue weighted by Gasteiger charge is -2.38. The van der Waals surface area contributed by atoms with Crippen LogP contribution in [-0.2, 0) is 14.8 Å². The summed E-state index contributed by atoms with van der Waals surface area (Å²) in [5.41, 5.74) is 0.122. The van der Waals surface area contributed by atoms with Gasteiger partial charge in [-0.05, 0) is 37.8 Å². The Morgan fingerprint density at radius 3 is 2.61 bits per heavy atom. The summed E-state index contributed by atoms with van der Waals surface area (Å²) < 4.78 is 28.9. The molecule has 0 bridgehead atoms. The standard InChI is InChI=1S/C14H19N3O5S/c1-9-7-16(8-13(22-9)10-2-3-10)11-4-5-14(23(15,20)21)12(6-11)17(18)19/h4-6,9-10,13H,2-3,7-8H2,1H3,(H2,15,20,21). The number of nitro benzene ring substituents is 1. The molecule has 1 aliphatic carbocycles. The molecule has 1 heterocycles. The molecule has 2 aliphatic rings. The topological polar surface area (TPSA) is 116 Å². The zero-order valence-electron chi connectivity index (χ0n) is 12.7. The minimum atomic E-state index is -4.14. The van der Waals surface area contributed by atoms with Crippen molar-refractivity contribution in [2.45, 2.75) is 36.9 Å². The number of primary sulfonamides is 1. The molecule has 0 spiro atoms. The molecule has 1 aromatic carbocycles. The van der Waals surface area contributed by atoms with Crippen LogP contribution in [0.4, 0.5) is 11.4 Å². The molecule has 23 heavy (non-hydrogen) atoms. The summed E-state index contributed by atoms with van der Waals surface area (Å²) in [6.45, 7) is 3.23. The molecule has 2 unspecified atom stereocenters. The largest absolute Gasteiger partial charge is 0.371 e. The maximum Gasteiger partial charge on any atom is 0.291 e. The molecule has 1 saturated carbocycles. The maximum atomic E-state index is 11.5. The Morgan fingerprint density at radius 2 is 2.04 bits per heavy atom. The maximum absolute atomic E-state index is 11.5. The van der Waals surface area contributed by atoms with Crippen molar-refractivity contribution >= 4 is 21.4 Å². The third-order valence-electron chi connectivity index (χ3n) is 4.24. The van der Waals surface area contributed by atoms with Crippen molar-refractivity contribution in [1.29, 1.82) is 0 Å². The van der Waals surface area contributed by atoms with Gasteiger partial charge < -0.3 is 9.64 Å². The summed E-state index contributed by atoms with van der Waals surface area (Å²) in [6, 6.07) is 4.05. The van der Waals surface area contributed by atoms with Gasteiger partial charge in [-0.15, -0.1) is 0 Å². The van der Waals surface area contributed by atoms with Crippen LogP contribution in [0.25, 0.3) is 0 Å². The van der Waals surface area contributed by atoms with Crippen LogP contribution in [0.15, 0.2) is 23.1 Å². The third-order valence-corrected chi connectivity index (χ3v) is 5.20. The Kier molecular flexibility index (Phi) is 4.03. The predicted molar refractivity (Wildman–Crippen MR) is 83.7 cm³/mol. The van der Waals surface area contributed by atoms with Gasteiger partial charge in [0.15, 0.2) is 4.90 Å². The molecule has 1 aromatic rings. The summed E-state index contributed by atoms with van der Waals surface area (Å²) in [7, 11) is -4.14. The zero-order chi connectivity index (χ0) is 16.8. The lowest BCUT2D eigenvalue weighted by Crippen LogP contribution is -2.47. The summed E-state index contributed by atoms with van der Waals surface area (Å²) in [6.07, 6.45) is 2.44. The van der Waals surface area contributed by atoms with E-state index in [9.17, 15) is 18.5 Å². The van der Waals surface area contributed by atoms with E-state index in [1.54, 1.807) is 6.07 Å². The van der Waals surface area contributed by atoms with E-state index in [0.29, 0.717) is 24.7 Å². The minimum Gasteiger partial charge on any atom is -0.371 e. The Morgan fingerprint density at radius 1 is 1.35 bits per heavy atom. The fourth-order valence-electron chi connectivity index (χ4n) is 3.01. The van der Waals surface area contributed by atoms with E-state index in [1.807, 2.05) is 11.8 Å². The second kappa shape index (κ2) is 5.73. The van der Waals surface area contributed by atoms with Crippen LogP contribution in [-0.4, -0.2) is 38.6 Å². The number of benzene rings is 1. The number of nitro groups is 1. The summed E-state index contributed by atoms with van der Waals surface area (Å²) in [5.74, 6) is 0.555. The number of nitrogens with two attached hydrogens (primary N) is 1. The van der Waals surface area contributed by atoms with E-state index >= 15 is 0 Å². The van der Waals surface area contributed by atoms with Crippen molar-refractivity contribution in [3.05, 3.63) is 28.3 Å². The molecule has 0 aromatic heterocycles. The molecule has 0 radical (unpaired) electrons. The number of ether oxygens (including phenoxy) is 1. The van der Waals surface area contributed by atoms with E-state index in [4.69, 9.17) is 9.88 Å². The van der Waals surface area contributed by atoms with Gasteiger partial charge in [0, 0.05) is 24.8 Å². The smallest absolute Gasteiger partial charge is 0.291 e. The van der Waals surface area contributed by atoms with Crippen LogP contribution >= 0.6 is 0 Å². The number of hydrogen-bond donors (Lipinski definition) is 1. The van der Waals surface area contributed by atoms with Gasteiger partial charge in [-0.1, -0.05) is 0 Å². The Hall–Kier alpha value is -1.71. The molecule has 1 saturated heterocycles. The number of nitrogens with zero attached hydrogens (tertiary/aromatic N) is 2. The minimum absolute atomic E-state index is 0.0197. The SMILES string of the molecule is CC1CN(c2ccc(S(N)(=O)=O)c([N+](=O)[O-])c2)CC(C2CC2)O1. The first-order valence-electron chi connectivity index (χ1n) is 7.47. The fourth-order valence-corrected chi connectivity index (χ4v) is 3.69. The first-order valence-corrected chi connectivity index (χ1v) is 9.02. The second-order valence-corrected chi connectivity index (χ2v) is 7.71. The molecular weight excluding hydrogens is 322 g/mol. The molecule has 2 fully saturated rings. The van der Waals surface area contributed by atoms with Crippen molar-refractivity contribution in [2.75, 3.05) is 18.0 Å². The molecule has 0 amide bonds. The molecular formula is C14H19N3O5S. The van der Waals surface area contributed by atoms with Gasteiger partial charge in [0.1, 0.15) is 0 Å². The average molecular weight is 341 g/mol. The highest BCUT2D eigenvalue weighted by atomic mass is 32.2. The van der Waals surface area contributed by atoms with Crippen molar-refractivity contribution in [3.63, 3.8) is 0 Å².